The molecule has 0 heterocycles. The first-order valence-electron chi connectivity index (χ1n) is 5.17. The molecule has 0 rings (SSSR count). The van der Waals surface area contributed by atoms with Crippen molar-refractivity contribution in [1.29, 1.82) is 0 Å². The predicted molar refractivity (Wildman–Crippen MR) is 60.5 cm³/mol. The van der Waals surface area contributed by atoms with Crippen LogP contribution in [0.3, 0.4) is 0 Å². The molecule has 2 nitrogen and oxygen atoms in total. The molecule has 0 fully saturated rings. The van der Waals surface area contributed by atoms with Crippen molar-refractivity contribution in [2.24, 2.45) is 0 Å². The van der Waals surface area contributed by atoms with Crippen molar-refractivity contribution >= 4 is 10.8 Å². The highest BCUT2D eigenvalue weighted by molar-refractivity contribution is 7.86. The third-order valence-corrected chi connectivity index (χ3v) is 4.29. The van der Waals surface area contributed by atoms with E-state index in [-0.39, 0.29) is 10.5 Å². The van der Waals surface area contributed by atoms with E-state index in [4.69, 9.17) is 0 Å². The molecule has 3 atom stereocenters. The van der Waals surface area contributed by atoms with Crippen LogP contribution in [0.5, 0.6) is 0 Å². The number of hydrogen-bond acceptors (Lipinski definition) is 2. The minimum absolute atomic E-state index is 0.255. The van der Waals surface area contributed by atoms with Gasteiger partial charge in [0.2, 0.25) is 0 Å². The summed E-state index contributed by atoms with van der Waals surface area (Å²) in [6, 6.07) is 0.397. The molecular weight excluding hydrogens is 182 g/mol. The van der Waals surface area contributed by atoms with Gasteiger partial charge in [0.05, 0.1) is 0 Å². The molecule has 0 aliphatic rings. The van der Waals surface area contributed by atoms with Gasteiger partial charge in [0.15, 0.2) is 0 Å². The van der Waals surface area contributed by atoms with Gasteiger partial charge in [0.25, 0.3) is 0 Å². The summed E-state index contributed by atoms with van der Waals surface area (Å²) in [4.78, 5) is 0. The van der Waals surface area contributed by atoms with E-state index in [1.54, 1.807) is 0 Å². The minimum Gasteiger partial charge on any atom is -0.313 e. The van der Waals surface area contributed by atoms with Crippen molar-refractivity contribution in [3.05, 3.63) is 0 Å². The molecule has 0 aliphatic heterocycles. The number of rotatable bonds is 6. The molecule has 0 saturated carbocycles. The van der Waals surface area contributed by atoms with Crippen LogP contribution >= 0.6 is 0 Å². The van der Waals surface area contributed by atoms with Crippen molar-refractivity contribution in [1.82, 2.24) is 5.32 Å². The van der Waals surface area contributed by atoms with E-state index in [1.807, 2.05) is 13.8 Å². The second kappa shape index (κ2) is 6.55. The lowest BCUT2D eigenvalue weighted by molar-refractivity contribution is 0.498. The highest BCUT2D eigenvalue weighted by atomic mass is 32.2. The van der Waals surface area contributed by atoms with Crippen molar-refractivity contribution in [3.63, 3.8) is 0 Å². The van der Waals surface area contributed by atoms with E-state index in [9.17, 15) is 4.21 Å². The van der Waals surface area contributed by atoms with Gasteiger partial charge in [-0.3, -0.25) is 4.21 Å². The average Bonchev–Trinajstić information content (AvgIpc) is 2.11. The van der Waals surface area contributed by atoms with E-state index in [0.29, 0.717) is 6.04 Å². The van der Waals surface area contributed by atoms with E-state index in [2.05, 4.69) is 26.1 Å². The summed E-state index contributed by atoms with van der Waals surface area (Å²) in [6.07, 6.45) is 1.05. The van der Waals surface area contributed by atoms with E-state index < -0.39 is 10.8 Å². The SMILES string of the molecule is CCNC(CC)C(C)S(=O)C(C)C. The molecule has 0 amide bonds. The summed E-state index contributed by atoms with van der Waals surface area (Å²) < 4.78 is 11.8. The van der Waals surface area contributed by atoms with Crippen LogP contribution in [0, 0.1) is 0 Å². The van der Waals surface area contributed by atoms with Gasteiger partial charge in [-0.05, 0) is 19.9 Å². The molecule has 0 aromatic carbocycles. The zero-order valence-corrected chi connectivity index (χ0v) is 10.3. The number of hydrogen-bond donors (Lipinski definition) is 1. The molecule has 3 unspecified atom stereocenters. The Bertz CT molecular complexity index is 159. The van der Waals surface area contributed by atoms with Crippen LogP contribution in [0.25, 0.3) is 0 Å². The van der Waals surface area contributed by atoms with Crippen molar-refractivity contribution in [3.8, 4) is 0 Å². The fourth-order valence-electron chi connectivity index (χ4n) is 1.50. The van der Waals surface area contributed by atoms with Gasteiger partial charge in [-0.1, -0.05) is 27.7 Å². The Morgan fingerprint density at radius 3 is 2.08 bits per heavy atom. The Labute approximate surface area is 84.9 Å². The number of nitrogens with one attached hydrogen (secondary N) is 1. The predicted octanol–water partition coefficient (Wildman–Crippen LogP) is 1.92. The van der Waals surface area contributed by atoms with Crippen LogP contribution in [-0.4, -0.2) is 27.3 Å². The Morgan fingerprint density at radius 1 is 1.23 bits per heavy atom. The molecule has 0 aliphatic carbocycles. The van der Waals surface area contributed by atoms with Crippen LogP contribution in [0.15, 0.2) is 0 Å². The van der Waals surface area contributed by atoms with Gasteiger partial charge < -0.3 is 5.32 Å². The van der Waals surface area contributed by atoms with Gasteiger partial charge >= 0.3 is 0 Å². The largest absolute Gasteiger partial charge is 0.313 e. The Kier molecular flexibility index (Phi) is 6.60. The summed E-state index contributed by atoms with van der Waals surface area (Å²) in [7, 11) is -0.710. The van der Waals surface area contributed by atoms with Gasteiger partial charge in [-0.25, -0.2) is 0 Å². The second-order valence-corrected chi connectivity index (χ2v) is 6.00. The van der Waals surface area contributed by atoms with Crippen molar-refractivity contribution in [2.45, 2.75) is 57.6 Å². The van der Waals surface area contributed by atoms with Gasteiger partial charge in [-0.2, -0.15) is 0 Å². The zero-order chi connectivity index (χ0) is 10.4. The van der Waals surface area contributed by atoms with E-state index in [0.717, 1.165) is 13.0 Å². The summed E-state index contributed by atoms with van der Waals surface area (Å²) in [5.41, 5.74) is 0. The summed E-state index contributed by atoms with van der Waals surface area (Å²) in [5.74, 6) is 0. The van der Waals surface area contributed by atoms with Crippen LogP contribution in [0.4, 0.5) is 0 Å². The molecule has 0 aromatic rings. The Hall–Kier alpha value is 0.110. The fourth-order valence-corrected chi connectivity index (χ4v) is 2.97. The molecule has 13 heavy (non-hydrogen) atoms. The van der Waals surface area contributed by atoms with E-state index >= 15 is 0 Å². The van der Waals surface area contributed by atoms with Crippen LogP contribution < -0.4 is 5.32 Å². The maximum absolute atomic E-state index is 11.8. The smallest absolute Gasteiger partial charge is 0.0475 e. The van der Waals surface area contributed by atoms with Crippen molar-refractivity contribution < 1.29 is 4.21 Å². The lowest BCUT2D eigenvalue weighted by Crippen LogP contribution is -2.41. The summed E-state index contributed by atoms with van der Waals surface area (Å²) >= 11 is 0. The Morgan fingerprint density at radius 2 is 1.77 bits per heavy atom. The molecule has 1 N–H and O–H groups in total. The first-order valence-corrected chi connectivity index (χ1v) is 6.44. The van der Waals surface area contributed by atoms with Crippen LogP contribution in [-0.2, 0) is 10.8 Å². The van der Waals surface area contributed by atoms with Gasteiger partial charge in [-0.15, -0.1) is 0 Å². The average molecular weight is 205 g/mol. The third-order valence-electron chi connectivity index (χ3n) is 2.30. The molecule has 0 radical (unpaired) electrons. The monoisotopic (exact) mass is 205 g/mol. The minimum atomic E-state index is -0.710. The first kappa shape index (κ1) is 13.1. The van der Waals surface area contributed by atoms with Crippen LogP contribution in [0.1, 0.15) is 41.0 Å². The molecular formula is C10H23NOS. The standard InChI is InChI=1S/C10H23NOS/c1-6-10(11-7-2)9(5)13(12)8(3)4/h8-11H,6-7H2,1-5H3. The Balaban J connectivity index is 4.18. The summed E-state index contributed by atoms with van der Waals surface area (Å²) in [5, 5.41) is 3.90. The molecule has 0 aromatic heterocycles. The van der Waals surface area contributed by atoms with Crippen LogP contribution in [0.2, 0.25) is 0 Å². The van der Waals surface area contributed by atoms with Gasteiger partial charge in [0, 0.05) is 27.3 Å². The topological polar surface area (TPSA) is 29.1 Å². The quantitative estimate of drug-likeness (QED) is 0.718. The van der Waals surface area contributed by atoms with E-state index in [1.165, 1.54) is 0 Å². The third kappa shape index (κ3) is 4.23. The molecule has 0 bridgehead atoms. The van der Waals surface area contributed by atoms with Crippen molar-refractivity contribution in [2.75, 3.05) is 6.54 Å². The lowest BCUT2D eigenvalue weighted by Gasteiger charge is -2.24. The van der Waals surface area contributed by atoms with Gasteiger partial charge in [0.1, 0.15) is 0 Å². The summed E-state index contributed by atoms with van der Waals surface area (Å²) in [6.45, 7) is 11.3. The second-order valence-electron chi connectivity index (χ2n) is 3.65. The normalized spacial score (nSPS) is 18.6. The molecule has 3 heteroatoms. The maximum Gasteiger partial charge on any atom is 0.0475 e. The molecule has 80 valence electrons. The first-order chi connectivity index (χ1) is 6.04. The zero-order valence-electron chi connectivity index (χ0n) is 9.46. The molecule has 0 spiro atoms. The lowest BCUT2D eigenvalue weighted by atomic mass is 10.2. The maximum atomic E-state index is 11.8. The highest BCUT2D eigenvalue weighted by Crippen LogP contribution is 2.10. The molecule has 0 saturated heterocycles. The fraction of sp³-hybridized carbons (Fsp3) is 1.00. The highest BCUT2D eigenvalue weighted by Gasteiger charge is 2.22.